The summed E-state index contributed by atoms with van der Waals surface area (Å²) in [5.41, 5.74) is 6.85. The van der Waals surface area contributed by atoms with Gasteiger partial charge in [-0.1, -0.05) is 0 Å². The number of anilines is 1. The Morgan fingerprint density at radius 3 is 3.00 bits per heavy atom. The Balaban J connectivity index is 1.89. The normalized spacial score (nSPS) is 10.3. The summed E-state index contributed by atoms with van der Waals surface area (Å²) >= 11 is 4.88. The Morgan fingerprint density at radius 1 is 1.50 bits per heavy atom. The van der Waals surface area contributed by atoms with Crippen LogP contribution in [-0.4, -0.2) is 17.4 Å². The van der Waals surface area contributed by atoms with E-state index in [0.717, 1.165) is 15.9 Å². The molecule has 3 N–H and O–H groups in total. The SMILES string of the molecule is Nc1cc(C(=O)NCCc2nccs2)ccc1Br. The van der Waals surface area contributed by atoms with Crippen molar-refractivity contribution in [3.05, 3.63) is 44.8 Å². The lowest BCUT2D eigenvalue weighted by Gasteiger charge is -2.05. The third kappa shape index (κ3) is 3.30. The highest BCUT2D eigenvalue weighted by Crippen LogP contribution is 2.20. The topological polar surface area (TPSA) is 68.0 Å². The van der Waals surface area contributed by atoms with Crippen LogP contribution in [0.2, 0.25) is 0 Å². The Morgan fingerprint density at radius 2 is 2.33 bits per heavy atom. The predicted octanol–water partition coefficient (Wildman–Crippen LogP) is 2.46. The monoisotopic (exact) mass is 325 g/mol. The van der Waals surface area contributed by atoms with Gasteiger partial charge < -0.3 is 11.1 Å². The minimum atomic E-state index is -0.120. The first kappa shape index (κ1) is 13.0. The van der Waals surface area contributed by atoms with Crippen LogP contribution in [0.25, 0.3) is 0 Å². The van der Waals surface area contributed by atoms with E-state index >= 15 is 0 Å². The summed E-state index contributed by atoms with van der Waals surface area (Å²) in [4.78, 5) is 16.0. The van der Waals surface area contributed by atoms with Crippen molar-refractivity contribution in [1.29, 1.82) is 0 Å². The first-order valence-electron chi connectivity index (χ1n) is 5.38. The summed E-state index contributed by atoms with van der Waals surface area (Å²) in [6.45, 7) is 0.572. The number of rotatable bonds is 4. The molecule has 0 unspecified atom stereocenters. The molecule has 6 heteroatoms. The highest BCUT2D eigenvalue weighted by molar-refractivity contribution is 9.10. The third-order valence-corrected chi connectivity index (χ3v) is 3.93. The van der Waals surface area contributed by atoms with E-state index in [9.17, 15) is 4.79 Å². The van der Waals surface area contributed by atoms with Crippen molar-refractivity contribution in [3.63, 3.8) is 0 Å². The van der Waals surface area contributed by atoms with Crippen LogP contribution in [0.15, 0.2) is 34.2 Å². The molecule has 0 aliphatic heterocycles. The molecule has 18 heavy (non-hydrogen) atoms. The standard InChI is InChI=1S/C12H12BrN3OS/c13-9-2-1-8(7-10(9)14)12(17)16-4-3-11-15-5-6-18-11/h1-2,5-7H,3-4,14H2,(H,16,17). The summed E-state index contributed by atoms with van der Waals surface area (Å²) in [6.07, 6.45) is 2.51. The average Bonchev–Trinajstić information content (AvgIpc) is 2.85. The zero-order chi connectivity index (χ0) is 13.0. The van der Waals surface area contributed by atoms with Crippen LogP contribution >= 0.6 is 27.3 Å². The smallest absolute Gasteiger partial charge is 0.251 e. The fraction of sp³-hybridized carbons (Fsp3) is 0.167. The number of benzene rings is 1. The lowest BCUT2D eigenvalue weighted by molar-refractivity contribution is 0.0954. The van der Waals surface area contributed by atoms with Gasteiger partial charge in [0.2, 0.25) is 0 Å². The van der Waals surface area contributed by atoms with Crippen molar-refractivity contribution in [1.82, 2.24) is 10.3 Å². The van der Waals surface area contributed by atoms with Crippen molar-refractivity contribution in [2.75, 3.05) is 12.3 Å². The number of nitrogen functional groups attached to an aromatic ring is 1. The van der Waals surface area contributed by atoms with E-state index in [1.54, 1.807) is 35.7 Å². The molecule has 1 amide bonds. The molecule has 0 aliphatic carbocycles. The molecule has 94 valence electrons. The Kier molecular flexibility index (Phi) is 4.33. The summed E-state index contributed by atoms with van der Waals surface area (Å²) in [7, 11) is 0. The minimum absolute atomic E-state index is 0.120. The maximum absolute atomic E-state index is 11.8. The van der Waals surface area contributed by atoms with E-state index in [2.05, 4.69) is 26.2 Å². The lowest BCUT2D eigenvalue weighted by Crippen LogP contribution is -2.25. The van der Waals surface area contributed by atoms with E-state index in [1.165, 1.54) is 0 Å². The first-order valence-corrected chi connectivity index (χ1v) is 7.05. The fourth-order valence-corrected chi connectivity index (χ4v) is 2.31. The lowest BCUT2D eigenvalue weighted by atomic mass is 10.2. The molecule has 2 aromatic rings. The number of nitrogens with zero attached hydrogens (tertiary/aromatic N) is 1. The third-order valence-electron chi connectivity index (χ3n) is 2.37. The molecule has 0 saturated heterocycles. The summed E-state index contributed by atoms with van der Waals surface area (Å²) in [6, 6.07) is 5.16. The molecular formula is C12H12BrN3OS. The number of hydrogen-bond donors (Lipinski definition) is 2. The molecule has 4 nitrogen and oxygen atoms in total. The van der Waals surface area contributed by atoms with Gasteiger partial charge in [0.1, 0.15) is 0 Å². The molecule has 0 saturated carbocycles. The molecule has 1 aromatic carbocycles. The summed E-state index contributed by atoms with van der Waals surface area (Å²) in [5, 5.41) is 5.78. The van der Waals surface area contributed by atoms with Gasteiger partial charge in [0.25, 0.3) is 5.91 Å². The molecule has 1 aromatic heterocycles. The zero-order valence-corrected chi connectivity index (χ0v) is 11.9. The van der Waals surface area contributed by atoms with Gasteiger partial charge in [-0.15, -0.1) is 11.3 Å². The van der Waals surface area contributed by atoms with Gasteiger partial charge in [-0.2, -0.15) is 0 Å². The molecule has 0 atom stereocenters. The highest BCUT2D eigenvalue weighted by atomic mass is 79.9. The molecule has 0 spiro atoms. The number of halogens is 1. The molecule has 0 bridgehead atoms. The molecule has 0 radical (unpaired) electrons. The van der Waals surface area contributed by atoms with Crippen LogP contribution in [0, 0.1) is 0 Å². The second-order valence-electron chi connectivity index (χ2n) is 3.67. The van der Waals surface area contributed by atoms with Crippen LogP contribution in [-0.2, 0) is 6.42 Å². The number of nitrogens with two attached hydrogens (primary N) is 1. The van der Waals surface area contributed by atoms with Crippen LogP contribution in [0.4, 0.5) is 5.69 Å². The van der Waals surface area contributed by atoms with Crippen LogP contribution in [0.5, 0.6) is 0 Å². The zero-order valence-electron chi connectivity index (χ0n) is 9.52. The largest absolute Gasteiger partial charge is 0.398 e. The van der Waals surface area contributed by atoms with Gasteiger partial charge in [0.15, 0.2) is 0 Å². The maximum Gasteiger partial charge on any atom is 0.251 e. The molecule has 0 fully saturated rings. The average molecular weight is 326 g/mol. The van der Waals surface area contributed by atoms with Crippen molar-refractivity contribution in [2.45, 2.75) is 6.42 Å². The van der Waals surface area contributed by atoms with Crippen molar-refractivity contribution < 1.29 is 4.79 Å². The van der Waals surface area contributed by atoms with Crippen molar-refractivity contribution in [2.24, 2.45) is 0 Å². The fourth-order valence-electron chi connectivity index (χ4n) is 1.45. The Labute approximate surface area is 117 Å². The quantitative estimate of drug-likeness (QED) is 0.848. The van der Waals surface area contributed by atoms with Gasteiger partial charge in [-0.25, -0.2) is 4.98 Å². The Bertz CT molecular complexity index is 542. The summed E-state index contributed by atoms with van der Waals surface area (Å²) < 4.78 is 0.793. The van der Waals surface area contributed by atoms with E-state index in [0.29, 0.717) is 17.8 Å². The number of thiazole rings is 1. The van der Waals surface area contributed by atoms with Gasteiger partial charge in [0.05, 0.1) is 5.01 Å². The first-order chi connectivity index (χ1) is 8.66. The minimum Gasteiger partial charge on any atom is -0.398 e. The van der Waals surface area contributed by atoms with Crippen LogP contribution in [0.1, 0.15) is 15.4 Å². The second kappa shape index (κ2) is 5.97. The Hall–Kier alpha value is -1.40. The van der Waals surface area contributed by atoms with Gasteiger partial charge >= 0.3 is 0 Å². The molecule has 1 heterocycles. The molecule has 0 aliphatic rings. The van der Waals surface area contributed by atoms with Crippen molar-refractivity contribution in [3.8, 4) is 0 Å². The van der Waals surface area contributed by atoms with E-state index < -0.39 is 0 Å². The second-order valence-corrected chi connectivity index (χ2v) is 5.50. The highest BCUT2D eigenvalue weighted by Gasteiger charge is 2.07. The van der Waals surface area contributed by atoms with Crippen LogP contribution in [0.3, 0.4) is 0 Å². The maximum atomic E-state index is 11.8. The van der Waals surface area contributed by atoms with Gasteiger partial charge in [0, 0.05) is 40.3 Å². The van der Waals surface area contributed by atoms with Crippen molar-refractivity contribution >= 4 is 38.9 Å². The number of amides is 1. The van der Waals surface area contributed by atoms with Gasteiger partial charge in [-0.05, 0) is 34.1 Å². The van der Waals surface area contributed by atoms with E-state index in [1.807, 2.05) is 5.38 Å². The molecule has 2 rings (SSSR count). The summed E-state index contributed by atoms with van der Waals surface area (Å²) in [5.74, 6) is -0.120. The molecular weight excluding hydrogens is 314 g/mol. The number of carbonyl (C=O) groups is 1. The van der Waals surface area contributed by atoms with E-state index in [4.69, 9.17) is 5.73 Å². The number of aromatic nitrogens is 1. The van der Waals surface area contributed by atoms with Crippen LogP contribution < -0.4 is 11.1 Å². The predicted molar refractivity (Wildman–Crippen MR) is 76.7 cm³/mol. The number of hydrogen-bond acceptors (Lipinski definition) is 4. The number of carbonyl (C=O) groups excluding carboxylic acids is 1. The van der Waals surface area contributed by atoms with Gasteiger partial charge in [-0.3, -0.25) is 4.79 Å². The number of nitrogens with one attached hydrogen (secondary N) is 1. The van der Waals surface area contributed by atoms with E-state index in [-0.39, 0.29) is 5.91 Å².